The number of benzene rings is 2. The van der Waals surface area contributed by atoms with Crippen LogP contribution in [0, 0.1) is 0 Å². The maximum Gasteiger partial charge on any atom is 0.256 e. The Morgan fingerprint density at radius 2 is 1.90 bits per heavy atom. The smallest absolute Gasteiger partial charge is 0.256 e. The molecule has 3 heterocycles. The summed E-state index contributed by atoms with van der Waals surface area (Å²) in [5.41, 5.74) is 2.75. The quantitative estimate of drug-likeness (QED) is 0.528. The monoisotopic (exact) mass is 386 g/mol. The summed E-state index contributed by atoms with van der Waals surface area (Å²) in [7, 11) is 1.97. The van der Waals surface area contributed by atoms with Crippen molar-refractivity contribution in [1.29, 1.82) is 0 Å². The molecule has 1 fully saturated rings. The van der Waals surface area contributed by atoms with Gasteiger partial charge >= 0.3 is 0 Å². The number of nitrogens with zero attached hydrogens (tertiary/aromatic N) is 4. The molecule has 0 unspecified atom stereocenters. The molecular formula is C23H22N4O2. The number of amides is 1. The normalized spacial score (nSPS) is 17.0. The highest BCUT2D eigenvalue weighted by Crippen LogP contribution is 2.30. The molecular weight excluding hydrogens is 364 g/mol. The van der Waals surface area contributed by atoms with Crippen molar-refractivity contribution in [2.75, 3.05) is 13.1 Å². The van der Waals surface area contributed by atoms with Gasteiger partial charge < -0.3 is 14.0 Å². The molecule has 29 heavy (non-hydrogen) atoms. The summed E-state index contributed by atoms with van der Waals surface area (Å²) in [6.45, 7) is 1.34. The van der Waals surface area contributed by atoms with Crippen LogP contribution in [0.15, 0.2) is 65.3 Å². The summed E-state index contributed by atoms with van der Waals surface area (Å²) in [5.74, 6) is 1.33. The number of hydrogen-bond donors (Lipinski definition) is 0. The fourth-order valence-electron chi connectivity index (χ4n) is 4.15. The summed E-state index contributed by atoms with van der Waals surface area (Å²) < 4.78 is 7.57. The molecule has 4 aromatic rings. The van der Waals surface area contributed by atoms with Crippen LogP contribution < -0.4 is 0 Å². The van der Waals surface area contributed by atoms with Crippen LogP contribution in [0.1, 0.15) is 35.0 Å². The number of para-hydroxylation sites is 1. The Morgan fingerprint density at radius 3 is 2.76 bits per heavy atom. The van der Waals surface area contributed by atoms with Gasteiger partial charge in [-0.05, 0) is 18.9 Å². The molecule has 0 saturated carbocycles. The van der Waals surface area contributed by atoms with Gasteiger partial charge in [0, 0.05) is 42.8 Å². The highest BCUT2D eigenvalue weighted by molar-refractivity contribution is 6.07. The Bertz CT molecular complexity index is 1160. The number of carbonyl (C=O) groups excluding carboxylic acids is 1. The molecule has 0 bridgehead atoms. The molecule has 1 atom stereocenters. The number of aromatic nitrogens is 3. The predicted octanol–water partition coefficient (Wildman–Crippen LogP) is 4.25. The summed E-state index contributed by atoms with van der Waals surface area (Å²) in [6, 6.07) is 17.8. The third kappa shape index (κ3) is 3.20. The number of carbonyl (C=O) groups is 1. The number of hydrogen-bond acceptors (Lipinski definition) is 4. The molecule has 0 aliphatic carbocycles. The maximum atomic E-state index is 13.3. The third-order valence-corrected chi connectivity index (χ3v) is 5.66. The largest absolute Gasteiger partial charge is 0.350 e. The van der Waals surface area contributed by atoms with E-state index in [0.29, 0.717) is 18.3 Å². The van der Waals surface area contributed by atoms with Crippen LogP contribution in [0.5, 0.6) is 0 Å². The van der Waals surface area contributed by atoms with Crippen LogP contribution in [-0.2, 0) is 7.05 Å². The zero-order chi connectivity index (χ0) is 19.8. The van der Waals surface area contributed by atoms with Crippen LogP contribution in [0.2, 0.25) is 0 Å². The Labute approximate surface area is 168 Å². The van der Waals surface area contributed by atoms with Crippen molar-refractivity contribution in [3.05, 3.63) is 72.2 Å². The van der Waals surface area contributed by atoms with Gasteiger partial charge in [-0.1, -0.05) is 53.7 Å². The van der Waals surface area contributed by atoms with Crippen molar-refractivity contribution in [2.45, 2.75) is 18.8 Å². The number of fused-ring (bicyclic) bond motifs is 1. The first-order valence-corrected chi connectivity index (χ1v) is 9.93. The van der Waals surface area contributed by atoms with E-state index in [9.17, 15) is 4.79 Å². The number of rotatable bonds is 3. The Morgan fingerprint density at radius 1 is 1.10 bits per heavy atom. The van der Waals surface area contributed by atoms with Crippen molar-refractivity contribution in [2.24, 2.45) is 7.05 Å². The van der Waals surface area contributed by atoms with E-state index < -0.39 is 0 Å². The second kappa shape index (κ2) is 7.20. The Balaban J connectivity index is 1.38. The molecule has 0 spiro atoms. The fourth-order valence-corrected chi connectivity index (χ4v) is 4.15. The van der Waals surface area contributed by atoms with Crippen LogP contribution in [-0.4, -0.2) is 38.6 Å². The van der Waals surface area contributed by atoms with Gasteiger partial charge in [0.2, 0.25) is 11.7 Å². The lowest BCUT2D eigenvalue weighted by atomic mass is 9.97. The number of aryl methyl sites for hydroxylation is 1. The van der Waals surface area contributed by atoms with Crippen molar-refractivity contribution >= 4 is 16.8 Å². The molecule has 146 valence electrons. The average molecular weight is 386 g/mol. The molecule has 1 amide bonds. The Kier molecular flexibility index (Phi) is 4.39. The van der Waals surface area contributed by atoms with E-state index in [4.69, 9.17) is 4.52 Å². The van der Waals surface area contributed by atoms with Gasteiger partial charge in [0.05, 0.1) is 11.5 Å². The first kappa shape index (κ1) is 17.7. The van der Waals surface area contributed by atoms with E-state index in [1.165, 1.54) is 0 Å². The molecule has 6 nitrogen and oxygen atoms in total. The topological polar surface area (TPSA) is 64.2 Å². The van der Waals surface area contributed by atoms with Crippen LogP contribution in [0.3, 0.4) is 0 Å². The van der Waals surface area contributed by atoms with Gasteiger partial charge in [-0.15, -0.1) is 0 Å². The SMILES string of the molecule is Cn1cc(C(=O)N2CCC[C@H](c3nc(-c4ccccc4)no3)C2)c2ccccc21. The second-order valence-corrected chi connectivity index (χ2v) is 7.58. The highest BCUT2D eigenvalue weighted by atomic mass is 16.5. The first-order chi connectivity index (χ1) is 14.2. The van der Waals surface area contributed by atoms with E-state index >= 15 is 0 Å². The molecule has 0 N–H and O–H groups in total. The molecule has 1 aliphatic heterocycles. The number of piperidine rings is 1. The lowest BCUT2D eigenvalue weighted by Gasteiger charge is -2.31. The van der Waals surface area contributed by atoms with Crippen molar-refractivity contribution in [3.63, 3.8) is 0 Å². The zero-order valence-corrected chi connectivity index (χ0v) is 16.3. The maximum absolute atomic E-state index is 13.3. The molecule has 1 saturated heterocycles. The van der Waals surface area contributed by atoms with E-state index in [-0.39, 0.29) is 11.8 Å². The van der Waals surface area contributed by atoms with Crippen LogP contribution in [0.25, 0.3) is 22.3 Å². The van der Waals surface area contributed by atoms with Crippen LogP contribution >= 0.6 is 0 Å². The predicted molar refractivity (Wildman–Crippen MR) is 111 cm³/mol. The van der Waals surface area contributed by atoms with Gasteiger partial charge in [0.25, 0.3) is 5.91 Å². The van der Waals surface area contributed by atoms with Gasteiger partial charge in [-0.3, -0.25) is 4.79 Å². The van der Waals surface area contributed by atoms with Crippen LogP contribution in [0.4, 0.5) is 0 Å². The van der Waals surface area contributed by atoms with Gasteiger partial charge in [0.15, 0.2) is 0 Å². The summed E-state index contributed by atoms with van der Waals surface area (Å²) >= 11 is 0. The molecule has 2 aromatic heterocycles. The molecule has 6 heteroatoms. The summed E-state index contributed by atoms with van der Waals surface area (Å²) in [6.07, 6.45) is 3.79. The van der Waals surface area contributed by atoms with E-state index in [0.717, 1.165) is 41.4 Å². The van der Waals surface area contributed by atoms with E-state index in [1.807, 2.05) is 77.3 Å². The minimum Gasteiger partial charge on any atom is -0.350 e. The fraction of sp³-hybridized carbons (Fsp3) is 0.261. The average Bonchev–Trinajstić information content (AvgIpc) is 3.40. The Hall–Kier alpha value is -3.41. The zero-order valence-electron chi connectivity index (χ0n) is 16.3. The van der Waals surface area contributed by atoms with Crippen molar-refractivity contribution < 1.29 is 9.32 Å². The van der Waals surface area contributed by atoms with Crippen molar-refractivity contribution in [3.8, 4) is 11.4 Å². The van der Waals surface area contributed by atoms with Gasteiger partial charge in [0.1, 0.15) is 0 Å². The summed E-state index contributed by atoms with van der Waals surface area (Å²) in [5, 5.41) is 5.13. The van der Waals surface area contributed by atoms with E-state index in [1.54, 1.807) is 0 Å². The third-order valence-electron chi connectivity index (χ3n) is 5.66. The minimum atomic E-state index is 0.0626. The standard InChI is InChI=1S/C23H22N4O2/c1-26-15-19(18-11-5-6-12-20(18)26)23(28)27-13-7-10-17(14-27)22-24-21(25-29-22)16-8-3-2-4-9-16/h2-6,8-9,11-12,15,17H,7,10,13-14H2,1H3/t17-/m0/s1. The highest BCUT2D eigenvalue weighted by Gasteiger charge is 2.30. The van der Waals surface area contributed by atoms with Crippen molar-refractivity contribution in [1.82, 2.24) is 19.6 Å². The second-order valence-electron chi connectivity index (χ2n) is 7.58. The molecule has 1 aliphatic rings. The molecule has 2 aromatic carbocycles. The number of likely N-dealkylation sites (tertiary alicyclic amines) is 1. The summed E-state index contributed by atoms with van der Waals surface area (Å²) in [4.78, 5) is 19.8. The van der Waals surface area contributed by atoms with Gasteiger partial charge in [-0.2, -0.15) is 4.98 Å². The molecule has 5 rings (SSSR count). The minimum absolute atomic E-state index is 0.0626. The molecule has 0 radical (unpaired) electrons. The first-order valence-electron chi connectivity index (χ1n) is 9.93. The lowest BCUT2D eigenvalue weighted by Crippen LogP contribution is -2.39. The van der Waals surface area contributed by atoms with Gasteiger partial charge in [-0.25, -0.2) is 0 Å². The lowest BCUT2D eigenvalue weighted by molar-refractivity contribution is 0.0697. The van der Waals surface area contributed by atoms with E-state index in [2.05, 4.69) is 10.1 Å².